The number of amides is 3. The SMILES string of the molecule is CC(=O)N1CCCN(C(=O)N[C@H]2CCCCc3ccccc32)CC1. The summed E-state index contributed by atoms with van der Waals surface area (Å²) in [4.78, 5) is 27.9. The summed E-state index contributed by atoms with van der Waals surface area (Å²) >= 11 is 0. The lowest BCUT2D eigenvalue weighted by molar-refractivity contribution is -0.128. The number of hydrogen-bond donors (Lipinski definition) is 1. The molecule has 1 aromatic carbocycles. The van der Waals surface area contributed by atoms with Gasteiger partial charge in [-0.15, -0.1) is 0 Å². The Kier molecular flexibility index (Phi) is 5.38. The molecule has 1 aliphatic heterocycles. The zero-order valence-corrected chi connectivity index (χ0v) is 14.5. The van der Waals surface area contributed by atoms with Gasteiger partial charge in [0, 0.05) is 33.1 Å². The number of rotatable bonds is 1. The van der Waals surface area contributed by atoms with Gasteiger partial charge in [0.05, 0.1) is 6.04 Å². The Morgan fingerprint density at radius 1 is 1.00 bits per heavy atom. The Hall–Kier alpha value is -2.04. The number of urea groups is 1. The molecule has 0 unspecified atom stereocenters. The van der Waals surface area contributed by atoms with Crippen LogP contribution in [0, 0.1) is 0 Å². The average Bonchev–Trinajstić information content (AvgIpc) is 2.94. The molecule has 1 aromatic rings. The number of aryl methyl sites for hydroxylation is 1. The highest BCUT2D eigenvalue weighted by Crippen LogP contribution is 2.28. The van der Waals surface area contributed by atoms with E-state index in [0.29, 0.717) is 19.6 Å². The van der Waals surface area contributed by atoms with Crippen LogP contribution in [0.4, 0.5) is 4.79 Å². The van der Waals surface area contributed by atoms with Crippen molar-refractivity contribution >= 4 is 11.9 Å². The third-order valence-corrected chi connectivity index (χ3v) is 5.15. The summed E-state index contributed by atoms with van der Waals surface area (Å²) < 4.78 is 0. The summed E-state index contributed by atoms with van der Waals surface area (Å²) in [6.07, 6.45) is 5.25. The Bertz CT molecular complexity index is 602. The molecule has 0 radical (unpaired) electrons. The fourth-order valence-corrected chi connectivity index (χ4v) is 3.75. The number of carbonyl (C=O) groups excluding carboxylic acids is 2. The number of fused-ring (bicyclic) bond motifs is 1. The molecule has 0 bridgehead atoms. The number of benzene rings is 1. The Labute approximate surface area is 144 Å². The Morgan fingerprint density at radius 2 is 1.75 bits per heavy atom. The summed E-state index contributed by atoms with van der Waals surface area (Å²) in [5.74, 6) is 0.0925. The van der Waals surface area contributed by atoms with E-state index in [0.717, 1.165) is 32.2 Å². The summed E-state index contributed by atoms with van der Waals surface area (Å²) in [7, 11) is 0. The molecule has 3 amide bonds. The minimum Gasteiger partial charge on any atom is -0.341 e. The predicted octanol–water partition coefficient (Wildman–Crippen LogP) is 2.72. The van der Waals surface area contributed by atoms with Crippen LogP contribution in [-0.4, -0.2) is 47.9 Å². The molecule has 1 heterocycles. The normalized spacial score (nSPS) is 21.5. The largest absolute Gasteiger partial charge is 0.341 e. The zero-order valence-electron chi connectivity index (χ0n) is 14.5. The quantitative estimate of drug-likeness (QED) is 0.806. The van der Waals surface area contributed by atoms with Crippen LogP contribution in [-0.2, 0) is 11.2 Å². The van der Waals surface area contributed by atoms with Crippen molar-refractivity contribution in [2.45, 2.75) is 45.1 Å². The van der Waals surface area contributed by atoms with E-state index in [2.05, 4.69) is 29.6 Å². The molecule has 5 nitrogen and oxygen atoms in total. The second-order valence-electron chi connectivity index (χ2n) is 6.79. The van der Waals surface area contributed by atoms with Gasteiger partial charge in [-0.3, -0.25) is 4.79 Å². The third kappa shape index (κ3) is 3.89. The number of nitrogens with zero attached hydrogens (tertiary/aromatic N) is 2. The van der Waals surface area contributed by atoms with E-state index in [4.69, 9.17) is 0 Å². The highest BCUT2D eigenvalue weighted by molar-refractivity contribution is 5.76. The van der Waals surface area contributed by atoms with Crippen LogP contribution in [0.25, 0.3) is 0 Å². The van der Waals surface area contributed by atoms with Gasteiger partial charge < -0.3 is 15.1 Å². The second kappa shape index (κ2) is 7.69. The maximum atomic E-state index is 12.7. The topological polar surface area (TPSA) is 52.7 Å². The molecule has 0 aromatic heterocycles. The first-order valence-corrected chi connectivity index (χ1v) is 9.04. The van der Waals surface area contributed by atoms with E-state index in [-0.39, 0.29) is 18.0 Å². The zero-order chi connectivity index (χ0) is 16.9. The van der Waals surface area contributed by atoms with Gasteiger partial charge in [0.2, 0.25) is 5.91 Å². The minimum atomic E-state index is 0.00195. The molecule has 1 N–H and O–H groups in total. The van der Waals surface area contributed by atoms with Crippen molar-refractivity contribution in [3.05, 3.63) is 35.4 Å². The molecule has 2 aliphatic rings. The van der Waals surface area contributed by atoms with Crippen LogP contribution in [0.2, 0.25) is 0 Å². The van der Waals surface area contributed by atoms with Gasteiger partial charge in [0.1, 0.15) is 0 Å². The van der Waals surface area contributed by atoms with E-state index in [1.165, 1.54) is 17.5 Å². The van der Waals surface area contributed by atoms with Crippen LogP contribution in [0.15, 0.2) is 24.3 Å². The molecule has 1 saturated heterocycles. The van der Waals surface area contributed by atoms with Gasteiger partial charge in [-0.2, -0.15) is 0 Å². The number of hydrogen-bond acceptors (Lipinski definition) is 2. The smallest absolute Gasteiger partial charge is 0.317 e. The molecule has 5 heteroatoms. The lowest BCUT2D eigenvalue weighted by Crippen LogP contribution is -2.43. The fraction of sp³-hybridized carbons (Fsp3) is 0.579. The summed E-state index contributed by atoms with van der Waals surface area (Å²) in [6, 6.07) is 8.56. The monoisotopic (exact) mass is 329 g/mol. The lowest BCUT2D eigenvalue weighted by Gasteiger charge is -2.26. The van der Waals surface area contributed by atoms with Gasteiger partial charge in [0.15, 0.2) is 0 Å². The average molecular weight is 329 g/mol. The number of carbonyl (C=O) groups is 2. The van der Waals surface area contributed by atoms with Gasteiger partial charge in [-0.05, 0) is 36.8 Å². The van der Waals surface area contributed by atoms with Crippen LogP contribution < -0.4 is 5.32 Å². The van der Waals surface area contributed by atoms with Crippen LogP contribution in [0.5, 0.6) is 0 Å². The van der Waals surface area contributed by atoms with Crippen LogP contribution in [0.1, 0.15) is 49.8 Å². The summed E-state index contributed by atoms with van der Waals surface area (Å²) in [6.45, 7) is 4.29. The molecule has 1 fully saturated rings. The minimum absolute atomic E-state index is 0.00195. The first-order chi connectivity index (χ1) is 11.6. The van der Waals surface area contributed by atoms with Crippen molar-refractivity contribution in [2.75, 3.05) is 26.2 Å². The lowest BCUT2D eigenvalue weighted by atomic mass is 9.99. The third-order valence-electron chi connectivity index (χ3n) is 5.15. The molecule has 0 saturated carbocycles. The van der Waals surface area contributed by atoms with E-state index >= 15 is 0 Å². The Balaban J connectivity index is 1.65. The van der Waals surface area contributed by atoms with Gasteiger partial charge in [-0.25, -0.2) is 4.79 Å². The fourth-order valence-electron chi connectivity index (χ4n) is 3.75. The van der Waals surface area contributed by atoms with Crippen molar-refractivity contribution in [1.29, 1.82) is 0 Å². The highest BCUT2D eigenvalue weighted by atomic mass is 16.2. The van der Waals surface area contributed by atoms with E-state index in [1.807, 2.05) is 9.80 Å². The van der Waals surface area contributed by atoms with Gasteiger partial charge in [-0.1, -0.05) is 30.7 Å². The van der Waals surface area contributed by atoms with Crippen molar-refractivity contribution in [3.63, 3.8) is 0 Å². The molecule has 1 aliphatic carbocycles. The first-order valence-electron chi connectivity index (χ1n) is 9.04. The molecule has 3 rings (SSSR count). The summed E-state index contributed by atoms with van der Waals surface area (Å²) in [5.41, 5.74) is 2.63. The van der Waals surface area contributed by atoms with E-state index in [1.54, 1.807) is 6.92 Å². The van der Waals surface area contributed by atoms with E-state index < -0.39 is 0 Å². The van der Waals surface area contributed by atoms with Gasteiger partial charge >= 0.3 is 6.03 Å². The highest BCUT2D eigenvalue weighted by Gasteiger charge is 2.24. The van der Waals surface area contributed by atoms with Gasteiger partial charge in [0.25, 0.3) is 0 Å². The van der Waals surface area contributed by atoms with Crippen molar-refractivity contribution in [3.8, 4) is 0 Å². The Morgan fingerprint density at radius 3 is 2.58 bits per heavy atom. The molecule has 24 heavy (non-hydrogen) atoms. The standard InChI is InChI=1S/C19H27N3O2/c1-15(23)21-11-6-12-22(14-13-21)19(24)20-18-10-5-3-8-16-7-2-4-9-17(16)18/h2,4,7,9,18H,3,5-6,8,10-14H2,1H3,(H,20,24)/t18-/m0/s1. The first kappa shape index (κ1) is 16.8. The van der Waals surface area contributed by atoms with Crippen LogP contribution in [0.3, 0.4) is 0 Å². The molecule has 0 spiro atoms. The second-order valence-corrected chi connectivity index (χ2v) is 6.79. The maximum absolute atomic E-state index is 12.7. The molecule has 1 atom stereocenters. The van der Waals surface area contributed by atoms with Crippen molar-refractivity contribution < 1.29 is 9.59 Å². The molecular weight excluding hydrogens is 302 g/mol. The van der Waals surface area contributed by atoms with Crippen LogP contribution >= 0.6 is 0 Å². The number of nitrogens with one attached hydrogen (secondary N) is 1. The summed E-state index contributed by atoms with van der Waals surface area (Å²) in [5, 5.41) is 3.24. The molecular formula is C19H27N3O2. The maximum Gasteiger partial charge on any atom is 0.317 e. The van der Waals surface area contributed by atoms with Crippen molar-refractivity contribution in [1.82, 2.24) is 15.1 Å². The van der Waals surface area contributed by atoms with E-state index in [9.17, 15) is 9.59 Å². The predicted molar refractivity (Wildman–Crippen MR) is 93.7 cm³/mol. The molecule has 130 valence electrons. The van der Waals surface area contributed by atoms with Crippen molar-refractivity contribution in [2.24, 2.45) is 0 Å².